The molecule has 4 rings (SSSR count). The van der Waals surface area contributed by atoms with E-state index in [9.17, 15) is 0 Å². The van der Waals surface area contributed by atoms with E-state index in [0.29, 0.717) is 28.6 Å². The number of thioether (sulfide) groups is 1. The molecule has 7 heteroatoms. The summed E-state index contributed by atoms with van der Waals surface area (Å²) < 4.78 is 10.9. The molecule has 1 saturated carbocycles. The Morgan fingerprint density at radius 3 is 2.91 bits per heavy atom. The molecule has 2 aromatic heterocycles. The molecule has 0 radical (unpaired) electrons. The van der Waals surface area contributed by atoms with Gasteiger partial charge in [0.05, 0.1) is 5.75 Å². The number of hydrogen-bond donors (Lipinski definition) is 0. The highest BCUT2D eigenvalue weighted by Crippen LogP contribution is 2.39. The Morgan fingerprint density at radius 2 is 2.09 bits per heavy atom. The second-order valence-electron chi connectivity index (χ2n) is 5.30. The highest BCUT2D eigenvalue weighted by molar-refractivity contribution is 7.98. The zero-order chi connectivity index (χ0) is 14.9. The maximum atomic E-state index is 5.69. The maximum absolute atomic E-state index is 5.69. The van der Waals surface area contributed by atoms with E-state index < -0.39 is 0 Å². The molecule has 0 bridgehead atoms. The van der Waals surface area contributed by atoms with Crippen molar-refractivity contribution in [3.8, 4) is 11.5 Å². The van der Waals surface area contributed by atoms with Crippen molar-refractivity contribution in [1.82, 2.24) is 20.3 Å². The van der Waals surface area contributed by atoms with Gasteiger partial charge in [0.25, 0.3) is 5.22 Å². The van der Waals surface area contributed by atoms with Crippen LogP contribution >= 0.6 is 11.8 Å². The van der Waals surface area contributed by atoms with Crippen molar-refractivity contribution in [2.75, 3.05) is 0 Å². The van der Waals surface area contributed by atoms with Gasteiger partial charge < -0.3 is 8.94 Å². The molecule has 1 aromatic carbocycles. The van der Waals surface area contributed by atoms with Crippen molar-refractivity contribution < 1.29 is 8.94 Å². The normalized spacial score (nSPS) is 14.4. The summed E-state index contributed by atoms with van der Waals surface area (Å²) in [5.74, 6) is 2.99. The molecule has 0 N–H and O–H groups in total. The molecule has 1 aliphatic carbocycles. The SMILES string of the molecule is Cc1ccccc1-c1nnc(SCc2noc(C3CC3)n2)o1. The molecular weight excluding hydrogens is 300 g/mol. The summed E-state index contributed by atoms with van der Waals surface area (Å²) in [6.07, 6.45) is 2.30. The maximum Gasteiger partial charge on any atom is 0.277 e. The monoisotopic (exact) mass is 314 g/mol. The summed E-state index contributed by atoms with van der Waals surface area (Å²) in [5, 5.41) is 12.6. The zero-order valence-electron chi connectivity index (χ0n) is 12.0. The van der Waals surface area contributed by atoms with Crippen molar-refractivity contribution in [2.45, 2.75) is 36.7 Å². The van der Waals surface area contributed by atoms with Crippen molar-refractivity contribution >= 4 is 11.8 Å². The van der Waals surface area contributed by atoms with Gasteiger partial charge in [-0.05, 0) is 31.4 Å². The molecule has 2 heterocycles. The summed E-state index contributed by atoms with van der Waals surface area (Å²) in [7, 11) is 0. The average Bonchev–Trinajstić information content (AvgIpc) is 3.09. The summed E-state index contributed by atoms with van der Waals surface area (Å²) in [6, 6.07) is 7.93. The van der Waals surface area contributed by atoms with Crippen LogP contribution in [0.2, 0.25) is 0 Å². The first-order valence-corrected chi connectivity index (χ1v) is 8.13. The van der Waals surface area contributed by atoms with Gasteiger partial charge in [-0.25, -0.2) is 0 Å². The fourth-order valence-corrected chi connectivity index (χ4v) is 2.74. The molecule has 22 heavy (non-hydrogen) atoms. The standard InChI is InChI=1S/C15H14N4O2S/c1-9-4-2-3-5-11(9)14-17-18-15(20-14)22-8-12-16-13(21-19-12)10-6-7-10/h2-5,10H,6-8H2,1H3. The van der Waals surface area contributed by atoms with Gasteiger partial charge in [-0.3, -0.25) is 0 Å². The fraction of sp³-hybridized carbons (Fsp3) is 0.333. The Labute approximate surface area is 131 Å². The molecule has 0 spiro atoms. The van der Waals surface area contributed by atoms with Crippen molar-refractivity contribution in [1.29, 1.82) is 0 Å². The highest BCUT2D eigenvalue weighted by Gasteiger charge is 2.29. The summed E-state index contributed by atoms with van der Waals surface area (Å²) in [5.41, 5.74) is 2.06. The molecule has 6 nitrogen and oxygen atoms in total. The number of aromatic nitrogens is 4. The minimum Gasteiger partial charge on any atom is -0.411 e. The zero-order valence-corrected chi connectivity index (χ0v) is 12.8. The van der Waals surface area contributed by atoms with E-state index in [-0.39, 0.29) is 0 Å². The molecule has 0 unspecified atom stereocenters. The number of hydrogen-bond acceptors (Lipinski definition) is 7. The Kier molecular flexibility index (Phi) is 3.42. The van der Waals surface area contributed by atoms with E-state index in [4.69, 9.17) is 8.94 Å². The quantitative estimate of drug-likeness (QED) is 0.666. The minimum atomic E-state index is 0.474. The highest BCUT2D eigenvalue weighted by atomic mass is 32.2. The van der Waals surface area contributed by atoms with E-state index in [1.54, 1.807) is 0 Å². The van der Waals surface area contributed by atoms with Gasteiger partial charge in [-0.2, -0.15) is 4.98 Å². The van der Waals surface area contributed by atoms with Gasteiger partial charge in [0, 0.05) is 11.5 Å². The Balaban J connectivity index is 1.44. The van der Waals surface area contributed by atoms with Crippen LogP contribution in [0, 0.1) is 6.92 Å². The molecule has 0 amide bonds. The van der Waals surface area contributed by atoms with Crippen LogP contribution in [-0.2, 0) is 5.75 Å². The van der Waals surface area contributed by atoms with E-state index in [0.717, 1.165) is 29.9 Å². The van der Waals surface area contributed by atoms with Gasteiger partial charge in [0.1, 0.15) is 0 Å². The van der Waals surface area contributed by atoms with Gasteiger partial charge in [0.15, 0.2) is 5.82 Å². The Bertz CT molecular complexity index is 794. The first-order chi connectivity index (χ1) is 10.8. The van der Waals surface area contributed by atoms with Crippen LogP contribution < -0.4 is 0 Å². The summed E-state index contributed by atoms with van der Waals surface area (Å²) in [4.78, 5) is 4.38. The number of rotatable bonds is 5. The summed E-state index contributed by atoms with van der Waals surface area (Å²) in [6.45, 7) is 2.02. The van der Waals surface area contributed by atoms with Crippen LogP contribution in [0.3, 0.4) is 0 Å². The Hall–Kier alpha value is -2.15. The van der Waals surface area contributed by atoms with E-state index >= 15 is 0 Å². The third kappa shape index (κ3) is 2.76. The van der Waals surface area contributed by atoms with E-state index in [2.05, 4.69) is 20.3 Å². The number of benzene rings is 1. The molecule has 112 valence electrons. The topological polar surface area (TPSA) is 77.8 Å². The van der Waals surface area contributed by atoms with Crippen molar-refractivity contribution in [3.63, 3.8) is 0 Å². The van der Waals surface area contributed by atoms with Crippen LogP contribution in [0.15, 0.2) is 38.4 Å². The van der Waals surface area contributed by atoms with E-state index in [1.165, 1.54) is 11.8 Å². The van der Waals surface area contributed by atoms with Crippen LogP contribution in [-0.4, -0.2) is 20.3 Å². The van der Waals surface area contributed by atoms with Gasteiger partial charge in [-0.15, -0.1) is 10.2 Å². The predicted molar refractivity (Wildman–Crippen MR) is 80.3 cm³/mol. The molecule has 3 aromatic rings. The third-order valence-electron chi connectivity index (χ3n) is 3.52. The fourth-order valence-electron chi connectivity index (χ4n) is 2.14. The van der Waals surface area contributed by atoms with Crippen LogP contribution in [0.1, 0.15) is 36.0 Å². The first kappa shape index (κ1) is 13.5. The van der Waals surface area contributed by atoms with Crippen LogP contribution in [0.5, 0.6) is 0 Å². The lowest BCUT2D eigenvalue weighted by Crippen LogP contribution is -1.85. The average molecular weight is 314 g/mol. The lowest BCUT2D eigenvalue weighted by Gasteiger charge is -1.98. The molecule has 1 aliphatic rings. The molecule has 0 saturated heterocycles. The molecule has 0 atom stereocenters. The second kappa shape index (κ2) is 5.57. The smallest absolute Gasteiger partial charge is 0.277 e. The third-order valence-corrected chi connectivity index (χ3v) is 4.33. The second-order valence-corrected chi connectivity index (χ2v) is 6.23. The van der Waals surface area contributed by atoms with Crippen molar-refractivity contribution in [3.05, 3.63) is 41.5 Å². The lowest BCUT2D eigenvalue weighted by atomic mass is 10.1. The largest absolute Gasteiger partial charge is 0.411 e. The van der Waals surface area contributed by atoms with Gasteiger partial charge in [-0.1, -0.05) is 35.1 Å². The molecule has 1 fully saturated rings. The molecule has 0 aliphatic heterocycles. The van der Waals surface area contributed by atoms with Crippen LogP contribution in [0.4, 0.5) is 0 Å². The van der Waals surface area contributed by atoms with E-state index in [1.807, 2.05) is 31.2 Å². The predicted octanol–water partition coefficient (Wildman–Crippen LogP) is 3.60. The van der Waals surface area contributed by atoms with Gasteiger partial charge >= 0.3 is 0 Å². The summed E-state index contributed by atoms with van der Waals surface area (Å²) >= 11 is 1.42. The van der Waals surface area contributed by atoms with Crippen LogP contribution in [0.25, 0.3) is 11.5 Å². The number of nitrogens with zero attached hydrogens (tertiary/aromatic N) is 4. The minimum absolute atomic E-state index is 0.474. The molecular formula is C15H14N4O2S. The lowest BCUT2D eigenvalue weighted by molar-refractivity contribution is 0.375. The Morgan fingerprint density at radius 1 is 1.23 bits per heavy atom. The number of aryl methyl sites for hydroxylation is 1. The van der Waals surface area contributed by atoms with Gasteiger partial charge in [0.2, 0.25) is 11.8 Å². The first-order valence-electron chi connectivity index (χ1n) is 7.14. The van der Waals surface area contributed by atoms with Crippen molar-refractivity contribution in [2.24, 2.45) is 0 Å².